The zero-order chi connectivity index (χ0) is 24.0. The van der Waals surface area contributed by atoms with E-state index in [0.717, 1.165) is 25.7 Å². The molecule has 0 radical (unpaired) electrons. The number of nitrogens with zero attached hydrogens (tertiary/aromatic N) is 3. The van der Waals surface area contributed by atoms with E-state index in [-0.39, 0.29) is 20.6 Å². The van der Waals surface area contributed by atoms with E-state index in [1.807, 2.05) is 6.20 Å². The Morgan fingerprint density at radius 1 is 1.09 bits per heavy atom. The van der Waals surface area contributed by atoms with Crippen LogP contribution in [0.15, 0.2) is 53.8 Å². The minimum absolute atomic E-state index is 0.0628. The number of fused-ring (bicyclic) bond motifs is 1. The summed E-state index contributed by atoms with van der Waals surface area (Å²) >= 11 is 12.1. The normalized spacial score (nSPS) is 14.7. The molecule has 176 valence electrons. The molecule has 1 aliphatic rings. The molecule has 0 unspecified atom stereocenters. The van der Waals surface area contributed by atoms with Crippen molar-refractivity contribution in [2.45, 2.75) is 36.6 Å². The zero-order valence-electron chi connectivity index (χ0n) is 17.8. The van der Waals surface area contributed by atoms with Crippen LogP contribution in [0.1, 0.15) is 31.7 Å². The predicted molar refractivity (Wildman–Crippen MR) is 132 cm³/mol. The maximum atomic E-state index is 15.1. The van der Waals surface area contributed by atoms with Crippen molar-refractivity contribution in [1.82, 2.24) is 14.5 Å². The molecule has 2 heterocycles. The summed E-state index contributed by atoms with van der Waals surface area (Å²) in [6.45, 7) is 0. The first-order valence-corrected chi connectivity index (χ1v) is 12.9. The van der Waals surface area contributed by atoms with Crippen molar-refractivity contribution < 1.29 is 12.8 Å². The monoisotopic (exact) mass is 519 g/mol. The number of hydrogen-bond donors (Lipinski definition) is 2. The molecule has 7 nitrogen and oxygen atoms in total. The Bertz CT molecular complexity index is 1500. The first-order chi connectivity index (χ1) is 16.3. The lowest BCUT2D eigenvalue weighted by atomic mass is 10.1. The fourth-order valence-electron chi connectivity index (χ4n) is 4.49. The lowest BCUT2D eigenvalue weighted by Gasteiger charge is -2.12. The molecule has 1 aliphatic carbocycles. The maximum absolute atomic E-state index is 15.1. The van der Waals surface area contributed by atoms with Gasteiger partial charge in [-0.3, -0.25) is 4.72 Å². The van der Waals surface area contributed by atoms with Gasteiger partial charge in [0.2, 0.25) is 0 Å². The third-order valence-corrected chi connectivity index (χ3v) is 8.39. The van der Waals surface area contributed by atoms with Crippen LogP contribution in [0, 0.1) is 5.82 Å². The smallest absolute Gasteiger partial charge is 0.264 e. The first kappa shape index (κ1) is 22.9. The van der Waals surface area contributed by atoms with E-state index in [9.17, 15) is 8.42 Å². The number of anilines is 2. The van der Waals surface area contributed by atoms with Gasteiger partial charge >= 0.3 is 0 Å². The Morgan fingerprint density at radius 3 is 2.47 bits per heavy atom. The molecule has 5 rings (SSSR count). The molecule has 0 atom stereocenters. The van der Waals surface area contributed by atoms with Gasteiger partial charge in [0.05, 0.1) is 21.1 Å². The Labute approximate surface area is 205 Å². The minimum Gasteiger partial charge on any atom is -0.383 e. The van der Waals surface area contributed by atoms with Crippen LogP contribution in [-0.4, -0.2) is 23.0 Å². The highest BCUT2D eigenvalue weighted by Gasteiger charge is 2.25. The van der Waals surface area contributed by atoms with Crippen molar-refractivity contribution in [3.63, 3.8) is 0 Å². The minimum atomic E-state index is -4.22. The predicted octanol–water partition coefficient (Wildman–Crippen LogP) is 6.04. The molecule has 4 aromatic rings. The lowest BCUT2D eigenvalue weighted by molar-refractivity contribution is 0.532. The number of aromatic nitrogens is 3. The number of rotatable bonds is 5. The summed E-state index contributed by atoms with van der Waals surface area (Å²) in [7, 11) is -4.22. The van der Waals surface area contributed by atoms with Gasteiger partial charge in [0, 0.05) is 17.8 Å². The van der Waals surface area contributed by atoms with Crippen molar-refractivity contribution in [3.05, 3.63) is 64.8 Å². The third kappa shape index (κ3) is 3.97. The van der Waals surface area contributed by atoms with Gasteiger partial charge in [-0.15, -0.1) is 0 Å². The van der Waals surface area contributed by atoms with Gasteiger partial charge in [-0.1, -0.05) is 48.2 Å². The number of nitrogens with two attached hydrogens (primary N) is 1. The van der Waals surface area contributed by atoms with Crippen molar-refractivity contribution in [3.8, 4) is 11.1 Å². The second kappa shape index (κ2) is 8.72. The van der Waals surface area contributed by atoms with Crippen LogP contribution < -0.4 is 10.5 Å². The first-order valence-electron chi connectivity index (χ1n) is 10.6. The molecule has 0 aliphatic heterocycles. The standard InChI is InChI=1S/C23H20Cl2FN5O2S/c24-16-6-3-7-17(25)21(16)34(32,33)30-19-9-8-13(10-18(19)26)15-11-31(14-4-1-2-5-14)23-20(15)22(27)28-12-29-23/h3,6-12,14,30H,1-2,4-5H2,(H2,27,28,29). The van der Waals surface area contributed by atoms with E-state index in [4.69, 9.17) is 28.9 Å². The van der Waals surface area contributed by atoms with E-state index in [1.54, 1.807) is 6.07 Å². The molecule has 11 heteroatoms. The van der Waals surface area contributed by atoms with E-state index < -0.39 is 15.8 Å². The van der Waals surface area contributed by atoms with Gasteiger partial charge < -0.3 is 10.3 Å². The van der Waals surface area contributed by atoms with Crippen LogP contribution in [0.2, 0.25) is 10.0 Å². The van der Waals surface area contributed by atoms with Crippen LogP contribution in [0.5, 0.6) is 0 Å². The fraction of sp³-hybridized carbons (Fsp3) is 0.217. The number of sulfonamides is 1. The number of halogens is 3. The van der Waals surface area contributed by atoms with Crippen molar-refractivity contribution in [1.29, 1.82) is 0 Å². The summed E-state index contributed by atoms with van der Waals surface area (Å²) in [5.74, 6) is -0.461. The summed E-state index contributed by atoms with van der Waals surface area (Å²) in [4.78, 5) is 8.23. The molecular formula is C23H20Cl2FN5O2S. The molecule has 0 spiro atoms. The topological polar surface area (TPSA) is 103 Å². The van der Waals surface area contributed by atoms with Crippen molar-refractivity contribution in [2.24, 2.45) is 0 Å². The molecule has 0 bridgehead atoms. The number of benzene rings is 2. The van der Waals surface area contributed by atoms with Crippen LogP contribution in [0.25, 0.3) is 22.2 Å². The van der Waals surface area contributed by atoms with Gasteiger partial charge in [-0.2, -0.15) is 0 Å². The third-order valence-electron chi connectivity index (χ3n) is 6.07. The largest absolute Gasteiger partial charge is 0.383 e. The summed E-state index contributed by atoms with van der Waals surface area (Å²) in [6.07, 6.45) is 7.69. The van der Waals surface area contributed by atoms with E-state index in [0.29, 0.717) is 34.0 Å². The van der Waals surface area contributed by atoms with Gasteiger partial charge in [0.15, 0.2) is 0 Å². The van der Waals surface area contributed by atoms with Crippen LogP contribution in [-0.2, 0) is 10.0 Å². The molecule has 0 saturated heterocycles. The molecular weight excluding hydrogens is 500 g/mol. The number of nitrogen functional groups attached to an aromatic ring is 1. The van der Waals surface area contributed by atoms with Gasteiger partial charge in [0.25, 0.3) is 10.0 Å². The zero-order valence-corrected chi connectivity index (χ0v) is 20.1. The van der Waals surface area contributed by atoms with Crippen LogP contribution >= 0.6 is 23.2 Å². The highest BCUT2D eigenvalue weighted by atomic mass is 35.5. The van der Waals surface area contributed by atoms with E-state index >= 15 is 4.39 Å². The number of nitrogens with one attached hydrogen (secondary N) is 1. The van der Waals surface area contributed by atoms with Gasteiger partial charge in [-0.05, 0) is 42.7 Å². The molecule has 34 heavy (non-hydrogen) atoms. The summed E-state index contributed by atoms with van der Waals surface area (Å²) in [5.41, 5.74) is 7.85. The van der Waals surface area contributed by atoms with E-state index in [1.165, 1.54) is 36.7 Å². The second-order valence-corrected chi connectivity index (χ2v) is 10.6. The van der Waals surface area contributed by atoms with E-state index in [2.05, 4.69) is 19.3 Å². The Kier molecular flexibility index (Phi) is 5.87. The molecule has 1 saturated carbocycles. The second-order valence-electron chi connectivity index (χ2n) is 8.20. The summed E-state index contributed by atoms with van der Waals surface area (Å²) < 4.78 is 45.1. The highest BCUT2D eigenvalue weighted by molar-refractivity contribution is 7.93. The van der Waals surface area contributed by atoms with Crippen LogP contribution in [0.3, 0.4) is 0 Å². The molecule has 3 N–H and O–H groups in total. The maximum Gasteiger partial charge on any atom is 0.264 e. The summed E-state index contributed by atoms with van der Waals surface area (Å²) in [5, 5.41) is 0.518. The Morgan fingerprint density at radius 2 is 1.79 bits per heavy atom. The SMILES string of the molecule is Nc1ncnc2c1c(-c1ccc(NS(=O)(=O)c3c(Cl)cccc3Cl)c(F)c1)cn2C1CCCC1. The average molecular weight is 520 g/mol. The molecule has 1 fully saturated rings. The number of hydrogen-bond acceptors (Lipinski definition) is 5. The quantitative estimate of drug-likeness (QED) is 0.334. The van der Waals surface area contributed by atoms with Gasteiger partial charge in [-0.25, -0.2) is 22.8 Å². The molecule has 0 amide bonds. The molecule has 2 aromatic carbocycles. The van der Waals surface area contributed by atoms with Crippen molar-refractivity contribution in [2.75, 3.05) is 10.5 Å². The Balaban J connectivity index is 1.55. The Hall–Kier alpha value is -2.88. The summed E-state index contributed by atoms with van der Waals surface area (Å²) in [6, 6.07) is 8.84. The highest BCUT2D eigenvalue weighted by Crippen LogP contribution is 2.39. The van der Waals surface area contributed by atoms with Crippen LogP contribution in [0.4, 0.5) is 15.9 Å². The van der Waals surface area contributed by atoms with Crippen molar-refractivity contribution >= 4 is 55.8 Å². The lowest BCUT2D eigenvalue weighted by Crippen LogP contribution is -2.15. The fourth-order valence-corrected chi connectivity index (χ4v) is 6.70. The average Bonchev–Trinajstić information content (AvgIpc) is 3.43. The molecule has 2 aromatic heterocycles. The van der Waals surface area contributed by atoms with Gasteiger partial charge in [0.1, 0.15) is 28.5 Å².